The number of likely N-dealkylation sites (tertiary alicyclic amines) is 1. The van der Waals surface area contributed by atoms with Gasteiger partial charge in [0.1, 0.15) is 0 Å². The second kappa shape index (κ2) is 4.86. The lowest BCUT2D eigenvalue weighted by Gasteiger charge is -2.33. The highest BCUT2D eigenvalue weighted by Crippen LogP contribution is 2.33. The maximum Gasteiger partial charge on any atom is 0.267 e. The molecule has 0 bridgehead atoms. The minimum Gasteiger partial charge on any atom is -0.380 e. The molecule has 2 fully saturated rings. The first kappa shape index (κ1) is 12.7. The maximum absolute atomic E-state index is 13.4. The van der Waals surface area contributed by atoms with Gasteiger partial charge >= 0.3 is 0 Å². The van der Waals surface area contributed by atoms with Gasteiger partial charge < -0.3 is 15.0 Å². The smallest absolute Gasteiger partial charge is 0.267 e. The van der Waals surface area contributed by atoms with Gasteiger partial charge in [-0.1, -0.05) is 0 Å². The van der Waals surface area contributed by atoms with E-state index in [0.29, 0.717) is 19.7 Å². The zero-order valence-electron chi connectivity index (χ0n) is 9.92. The van der Waals surface area contributed by atoms with Crippen LogP contribution in [0.15, 0.2) is 0 Å². The van der Waals surface area contributed by atoms with Crippen molar-refractivity contribution in [2.45, 2.75) is 25.3 Å². The van der Waals surface area contributed by atoms with Gasteiger partial charge in [-0.25, -0.2) is 8.78 Å². The highest BCUT2D eigenvalue weighted by molar-refractivity contribution is 5.81. The largest absolute Gasteiger partial charge is 0.380 e. The van der Waals surface area contributed by atoms with Crippen LogP contribution in [0.2, 0.25) is 0 Å². The number of alkyl halides is 2. The normalized spacial score (nSPS) is 28.2. The van der Waals surface area contributed by atoms with Gasteiger partial charge in [-0.3, -0.25) is 4.79 Å². The van der Waals surface area contributed by atoms with Crippen LogP contribution in [0.25, 0.3) is 0 Å². The Morgan fingerprint density at radius 3 is 2.76 bits per heavy atom. The molecular formula is C11H18F2N2O2. The Morgan fingerprint density at radius 2 is 2.24 bits per heavy atom. The van der Waals surface area contributed by atoms with E-state index in [9.17, 15) is 13.6 Å². The first-order valence-corrected chi connectivity index (χ1v) is 6.00. The standard InChI is InChI=1S/C11H18F2N2O2/c1-2-17-6-9-3-11(12,13)7-15(9)10(16)8-4-14-5-8/h8-9,14H,2-7H2,1H3/t9-/m1/s1. The summed E-state index contributed by atoms with van der Waals surface area (Å²) in [7, 11) is 0. The average Bonchev–Trinajstić information content (AvgIpc) is 2.48. The summed E-state index contributed by atoms with van der Waals surface area (Å²) in [4.78, 5) is 13.3. The second-order valence-electron chi connectivity index (χ2n) is 4.69. The molecule has 0 aromatic carbocycles. The van der Waals surface area contributed by atoms with E-state index >= 15 is 0 Å². The molecule has 0 aromatic rings. The Hall–Kier alpha value is -0.750. The van der Waals surface area contributed by atoms with E-state index in [4.69, 9.17) is 4.74 Å². The van der Waals surface area contributed by atoms with Gasteiger partial charge in [-0.05, 0) is 6.92 Å². The second-order valence-corrected chi connectivity index (χ2v) is 4.69. The molecule has 1 N–H and O–H groups in total. The molecular weight excluding hydrogens is 230 g/mol. The molecule has 4 nitrogen and oxygen atoms in total. The SMILES string of the molecule is CCOC[C@H]1CC(F)(F)CN1C(=O)C1CNC1. The third-order valence-corrected chi connectivity index (χ3v) is 3.30. The molecule has 0 radical (unpaired) electrons. The number of carbonyl (C=O) groups is 1. The van der Waals surface area contributed by atoms with E-state index in [-0.39, 0.29) is 24.9 Å². The third-order valence-electron chi connectivity index (χ3n) is 3.30. The first-order valence-electron chi connectivity index (χ1n) is 6.00. The molecule has 2 heterocycles. The lowest BCUT2D eigenvalue weighted by molar-refractivity contribution is -0.140. The predicted octanol–water partition coefficient (Wildman–Crippen LogP) is 0.478. The number of amides is 1. The van der Waals surface area contributed by atoms with Crippen LogP contribution in [-0.4, -0.2) is 55.6 Å². The van der Waals surface area contributed by atoms with Crippen LogP contribution in [0.4, 0.5) is 8.78 Å². The molecule has 6 heteroatoms. The summed E-state index contributed by atoms with van der Waals surface area (Å²) in [6, 6.07) is -0.474. The van der Waals surface area contributed by atoms with Crippen LogP contribution in [0.3, 0.4) is 0 Å². The summed E-state index contributed by atoms with van der Waals surface area (Å²) >= 11 is 0. The molecule has 1 atom stereocenters. The number of halogens is 2. The number of nitrogens with one attached hydrogen (secondary N) is 1. The van der Waals surface area contributed by atoms with Crippen LogP contribution >= 0.6 is 0 Å². The van der Waals surface area contributed by atoms with Crippen molar-refractivity contribution in [1.29, 1.82) is 0 Å². The van der Waals surface area contributed by atoms with Crippen LogP contribution < -0.4 is 5.32 Å². The van der Waals surface area contributed by atoms with Crippen molar-refractivity contribution in [1.82, 2.24) is 10.2 Å². The third kappa shape index (κ3) is 2.74. The van der Waals surface area contributed by atoms with Gasteiger partial charge in [0.25, 0.3) is 5.92 Å². The number of hydrogen-bond acceptors (Lipinski definition) is 3. The quantitative estimate of drug-likeness (QED) is 0.786. The van der Waals surface area contributed by atoms with Crippen molar-refractivity contribution in [3.8, 4) is 0 Å². The Balaban J connectivity index is 1.98. The number of ether oxygens (including phenoxy) is 1. The van der Waals surface area contributed by atoms with E-state index in [0.717, 1.165) is 0 Å². The summed E-state index contributed by atoms with van der Waals surface area (Å²) in [6.45, 7) is 3.24. The maximum atomic E-state index is 13.4. The molecule has 1 amide bonds. The zero-order chi connectivity index (χ0) is 12.5. The predicted molar refractivity (Wildman–Crippen MR) is 57.9 cm³/mol. The molecule has 98 valence electrons. The fourth-order valence-electron chi connectivity index (χ4n) is 2.26. The first-order chi connectivity index (χ1) is 8.03. The number of carbonyl (C=O) groups excluding carboxylic acids is 1. The van der Waals surface area contributed by atoms with Crippen molar-refractivity contribution in [3.63, 3.8) is 0 Å². The Labute approximate surface area is 99.3 Å². The van der Waals surface area contributed by atoms with Gasteiger partial charge in [0, 0.05) is 26.1 Å². The van der Waals surface area contributed by atoms with E-state index in [2.05, 4.69) is 5.32 Å². The number of nitrogens with zero attached hydrogens (tertiary/aromatic N) is 1. The van der Waals surface area contributed by atoms with E-state index in [1.54, 1.807) is 0 Å². The average molecular weight is 248 g/mol. The molecule has 2 rings (SSSR count). The molecule has 0 aliphatic carbocycles. The monoisotopic (exact) mass is 248 g/mol. The minimum atomic E-state index is -2.77. The summed E-state index contributed by atoms with van der Waals surface area (Å²) in [5.74, 6) is -3.06. The minimum absolute atomic E-state index is 0.131. The zero-order valence-corrected chi connectivity index (χ0v) is 9.92. The summed E-state index contributed by atoms with van der Waals surface area (Å²) in [5, 5.41) is 2.98. The lowest BCUT2D eigenvalue weighted by Crippen LogP contribution is -2.53. The lowest BCUT2D eigenvalue weighted by atomic mass is 10.0. The van der Waals surface area contributed by atoms with Gasteiger partial charge in [0.2, 0.25) is 5.91 Å². The highest BCUT2D eigenvalue weighted by Gasteiger charge is 2.48. The van der Waals surface area contributed by atoms with Crippen LogP contribution in [0.1, 0.15) is 13.3 Å². The molecule has 2 saturated heterocycles. The van der Waals surface area contributed by atoms with Crippen LogP contribution in [0, 0.1) is 5.92 Å². The Kier molecular flexibility index (Phi) is 3.63. The summed E-state index contributed by atoms with van der Waals surface area (Å²) < 4.78 is 31.9. The molecule has 0 unspecified atom stereocenters. The van der Waals surface area contributed by atoms with Crippen molar-refractivity contribution in [2.24, 2.45) is 5.92 Å². The highest BCUT2D eigenvalue weighted by atomic mass is 19.3. The van der Waals surface area contributed by atoms with Crippen molar-refractivity contribution < 1.29 is 18.3 Å². The molecule has 2 aliphatic rings. The van der Waals surface area contributed by atoms with Crippen molar-refractivity contribution in [2.75, 3.05) is 32.8 Å². The van der Waals surface area contributed by atoms with Gasteiger partial charge in [-0.2, -0.15) is 0 Å². The molecule has 0 spiro atoms. The Bertz CT molecular complexity index is 295. The van der Waals surface area contributed by atoms with Gasteiger partial charge in [-0.15, -0.1) is 0 Å². The van der Waals surface area contributed by atoms with Gasteiger partial charge in [0.15, 0.2) is 0 Å². The van der Waals surface area contributed by atoms with Gasteiger partial charge in [0.05, 0.1) is 25.1 Å². The number of rotatable bonds is 4. The summed E-state index contributed by atoms with van der Waals surface area (Å²) in [6.07, 6.45) is -0.279. The number of hydrogen-bond donors (Lipinski definition) is 1. The topological polar surface area (TPSA) is 41.6 Å². The van der Waals surface area contributed by atoms with Crippen LogP contribution in [0.5, 0.6) is 0 Å². The fourth-order valence-corrected chi connectivity index (χ4v) is 2.26. The van der Waals surface area contributed by atoms with E-state index < -0.39 is 18.5 Å². The van der Waals surface area contributed by atoms with Crippen molar-refractivity contribution in [3.05, 3.63) is 0 Å². The Morgan fingerprint density at radius 1 is 1.53 bits per heavy atom. The van der Waals surface area contributed by atoms with E-state index in [1.807, 2.05) is 6.92 Å². The molecule has 0 saturated carbocycles. The summed E-state index contributed by atoms with van der Waals surface area (Å²) in [5.41, 5.74) is 0. The molecule has 2 aliphatic heterocycles. The molecule has 17 heavy (non-hydrogen) atoms. The molecule has 0 aromatic heterocycles. The van der Waals surface area contributed by atoms with Crippen LogP contribution in [-0.2, 0) is 9.53 Å². The van der Waals surface area contributed by atoms with Crippen molar-refractivity contribution >= 4 is 5.91 Å². The fraction of sp³-hybridized carbons (Fsp3) is 0.909. The van der Waals surface area contributed by atoms with E-state index in [1.165, 1.54) is 4.90 Å².